The molecule has 0 aliphatic heterocycles. The zero-order valence-corrected chi connectivity index (χ0v) is 6.79. The van der Waals surface area contributed by atoms with Crippen molar-refractivity contribution in [3.05, 3.63) is 23.9 Å². The highest BCUT2D eigenvalue weighted by molar-refractivity contribution is 5.95. The highest BCUT2D eigenvalue weighted by Gasteiger charge is 2.04. The van der Waals surface area contributed by atoms with Gasteiger partial charge in [0, 0.05) is 13.2 Å². The number of hydrogen-bond donors (Lipinski definition) is 2. The van der Waals surface area contributed by atoms with Crippen LogP contribution in [0.1, 0.15) is 6.92 Å². The smallest absolute Gasteiger partial charge is 0.250 e. The summed E-state index contributed by atoms with van der Waals surface area (Å²) in [6.07, 6.45) is 1.44. The van der Waals surface area contributed by atoms with Crippen LogP contribution >= 0.6 is 0 Å². The van der Waals surface area contributed by atoms with Gasteiger partial charge in [0.25, 0.3) is 0 Å². The summed E-state index contributed by atoms with van der Waals surface area (Å²) < 4.78 is 0. The SMILES string of the molecule is C=C(C)/C(=C\N(C)N)C(N)=O. The fourth-order valence-corrected chi connectivity index (χ4v) is 0.588. The van der Waals surface area contributed by atoms with Crippen LogP contribution in [0.3, 0.4) is 0 Å². The van der Waals surface area contributed by atoms with Crippen LogP contribution in [0.5, 0.6) is 0 Å². The maximum absolute atomic E-state index is 10.7. The molecule has 4 N–H and O–H groups in total. The number of hydrogen-bond acceptors (Lipinski definition) is 3. The first-order chi connectivity index (χ1) is 4.95. The van der Waals surface area contributed by atoms with Gasteiger partial charge in [-0.2, -0.15) is 0 Å². The van der Waals surface area contributed by atoms with Gasteiger partial charge < -0.3 is 10.7 Å². The van der Waals surface area contributed by atoms with E-state index in [2.05, 4.69) is 6.58 Å². The Labute approximate surface area is 66.1 Å². The minimum Gasteiger partial charge on any atom is -0.366 e. The monoisotopic (exact) mass is 155 g/mol. The van der Waals surface area contributed by atoms with Crippen molar-refractivity contribution in [2.45, 2.75) is 6.92 Å². The summed E-state index contributed by atoms with van der Waals surface area (Å²) in [6, 6.07) is 0. The van der Waals surface area contributed by atoms with Crippen molar-refractivity contribution in [2.24, 2.45) is 11.6 Å². The number of primary amides is 1. The Kier molecular flexibility index (Phi) is 3.33. The van der Waals surface area contributed by atoms with Crippen molar-refractivity contribution in [3.8, 4) is 0 Å². The van der Waals surface area contributed by atoms with E-state index in [0.29, 0.717) is 11.1 Å². The summed E-state index contributed by atoms with van der Waals surface area (Å²) in [7, 11) is 1.60. The van der Waals surface area contributed by atoms with Gasteiger partial charge in [0.05, 0.1) is 5.57 Å². The Morgan fingerprint density at radius 3 is 2.18 bits per heavy atom. The average Bonchev–Trinajstić information content (AvgIpc) is 1.81. The van der Waals surface area contributed by atoms with Gasteiger partial charge in [0.2, 0.25) is 5.91 Å². The number of rotatable bonds is 3. The van der Waals surface area contributed by atoms with E-state index >= 15 is 0 Å². The lowest BCUT2D eigenvalue weighted by Gasteiger charge is -2.08. The lowest BCUT2D eigenvalue weighted by Crippen LogP contribution is -2.23. The Hall–Kier alpha value is -1.29. The molecule has 0 aromatic heterocycles. The van der Waals surface area contributed by atoms with Gasteiger partial charge in [-0.05, 0) is 12.5 Å². The van der Waals surface area contributed by atoms with Crippen LogP contribution in [0.2, 0.25) is 0 Å². The molecule has 0 aliphatic rings. The molecule has 4 heteroatoms. The maximum Gasteiger partial charge on any atom is 0.250 e. The van der Waals surface area contributed by atoms with E-state index in [1.807, 2.05) is 0 Å². The van der Waals surface area contributed by atoms with Gasteiger partial charge in [0.15, 0.2) is 0 Å². The molecule has 0 rings (SSSR count). The van der Waals surface area contributed by atoms with E-state index in [1.165, 1.54) is 11.2 Å². The van der Waals surface area contributed by atoms with Crippen LogP contribution in [-0.4, -0.2) is 18.0 Å². The predicted molar refractivity (Wildman–Crippen MR) is 44.0 cm³/mol. The Morgan fingerprint density at radius 2 is 2.09 bits per heavy atom. The third-order valence-electron chi connectivity index (χ3n) is 1.06. The third kappa shape index (κ3) is 3.42. The summed E-state index contributed by atoms with van der Waals surface area (Å²) in [6.45, 7) is 5.27. The van der Waals surface area contributed by atoms with E-state index in [0.717, 1.165) is 0 Å². The highest BCUT2D eigenvalue weighted by Crippen LogP contribution is 2.04. The molecule has 1 amide bonds. The van der Waals surface area contributed by atoms with Crippen molar-refractivity contribution >= 4 is 5.91 Å². The van der Waals surface area contributed by atoms with E-state index in [1.54, 1.807) is 14.0 Å². The van der Waals surface area contributed by atoms with Gasteiger partial charge in [-0.15, -0.1) is 0 Å². The Bertz CT molecular complexity index is 190. The number of nitrogens with zero attached hydrogens (tertiary/aromatic N) is 1. The summed E-state index contributed by atoms with van der Waals surface area (Å²) in [5, 5.41) is 1.26. The number of nitrogens with two attached hydrogens (primary N) is 2. The van der Waals surface area contributed by atoms with E-state index in [-0.39, 0.29) is 0 Å². The molecule has 0 aliphatic carbocycles. The molecular formula is C7H13N3O. The fourth-order valence-electron chi connectivity index (χ4n) is 0.588. The van der Waals surface area contributed by atoms with Gasteiger partial charge >= 0.3 is 0 Å². The second-order valence-corrected chi connectivity index (χ2v) is 2.35. The van der Waals surface area contributed by atoms with Gasteiger partial charge in [-0.3, -0.25) is 4.79 Å². The van der Waals surface area contributed by atoms with Gasteiger partial charge in [0.1, 0.15) is 0 Å². The minimum atomic E-state index is -0.519. The fraction of sp³-hybridized carbons (Fsp3) is 0.286. The number of amides is 1. The lowest BCUT2D eigenvalue weighted by molar-refractivity contribution is -0.114. The van der Waals surface area contributed by atoms with Crippen molar-refractivity contribution in [2.75, 3.05) is 7.05 Å². The molecule has 0 saturated heterocycles. The first kappa shape index (κ1) is 9.71. The van der Waals surface area contributed by atoms with Crippen LogP contribution in [0.4, 0.5) is 0 Å². The lowest BCUT2D eigenvalue weighted by atomic mass is 10.1. The molecule has 0 aromatic rings. The van der Waals surface area contributed by atoms with Crippen molar-refractivity contribution < 1.29 is 4.79 Å². The minimum absolute atomic E-state index is 0.343. The molecular weight excluding hydrogens is 142 g/mol. The number of carbonyl (C=O) groups is 1. The maximum atomic E-state index is 10.7. The van der Waals surface area contributed by atoms with Crippen molar-refractivity contribution in [1.29, 1.82) is 0 Å². The van der Waals surface area contributed by atoms with Crippen LogP contribution in [0.15, 0.2) is 23.9 Å². The molecule has 11 heavy (non-hydrogen) atoms. The molecule has 0 atom stereocenters. The van der Waals surface area contributed by atoms with Crippen molar-refractivity contribution in [3.63, 3.8) is 0 Å². The predicted octanol–water partition coefficient (Wildman–Crippen LogP) is -0.263. The van der Waals surface area contributed by atoms with Crippen LogP contribution < -0.4 is 11.6 Å². The zero-order valence-electron chi connectivity index (χ0n) is 6.79. The van der Waals surface area contributed by atoms with Crippen molar-refractivity contribution in [1.82, 2.24) is 5.01 Å². The van der Waals surface area contributed by atoms with Crippen LogP contribution in [0.25, 0.3) is 0 Å². The summed E-state index contributed by atoms with van der Waals surface area (Å²) in [4.78, 5) is 10.7. The normalized spacial score (nSPS) is 11.0. The zero-order chi connectivity index (χ0) is 9.02. The van der Waals surface area contributed by atoms with Crippen LogP contribution in [0, 0.1) is 0 Å². The molecule has 62 valence electrons. The summed E-state index contributed by atoms with van der Waals surface area (Å²) >= 11 is 0. The first-order valence-corrected chi connectivity index (χ1v) is 3.10. The molecule has 0 saturated carbocycles. The molecule has 0 radical (unpaired) electrons. The molecule has 0 fully saturated rings. The van der Waals surface area contributed by atoms with Crippen LogP contribution in [-0.2, 0) is 4.79 Å². The summed E-state index contributed by atoms with van der Waals surface area (Å²) in [5.74, 6) is 4.76. The van der Waals surface area contributed by atoms with E-state index < -0.39 is 5.91 Å². The average molecular weight is 155 g/mol. The molecule has 0 bridgehead atoms. The molecule has 0 spiro atoms. The van der Waals surface area contributed by atoms with E-state index in [9.17, 15) is 4.79 Å². The largest absolute Gasteiger partial charge is 0.366 e. The van der Waals surface area contributed by atoms with Gasteiger partial charge in [-0.25, -0.2) is 5.84 Å². The molecule has 4 nitrogen and oxygen atoms in total. The standard InChI is InChI=1S/C7H13N3O/c1-5(2)6(7(8)11)4-10(3)9/h4H,1,9H2,2-3H3,(H2,8,11)/b6-4+. The summed E-state index contributed by atoms with van der Waals surface area (Å²) in [5.41, 5.74) is 5.98. The number of carbonyl (C=O) groups excluding carboxylic acids is 1. The molecule has 0 unspecified atom stereocenters. The second kappa shape index (κ2) is 3.78. The molecule has 0 heterocycles. The quantitative estimate of drug-likeness (QED) is 0.255. The number of hydrazine groups is 1. The third-order valence-corrected chi connectivity index (χ3v) is 1.06. The second-order valence-electron chi connectivity index (χ2n) is 2.35. The van der Waals surface area contributed by atoms with Gasteiger partial charge in [-0.1, -0.05) is 6.58 Å². The Morgan fingerprint density at radius 1 is 1.64 bits per heavy atom. The molecule has 0 aromatic carbocycles. The first-order valence-electron chi connectivity index (χ1n) is 3.10. The highest BCUT2D eigenvalue weighted by atomic mass is 16.1. The Balaban J connectivity index is 4.60. The van der Waals surface area contributed by atoms with E-state index in [4.69, 9.17) is 11.6 Å². The topological polar surface area (TPSA) is 72.3 Å².